The van der Waals surface area contributed by atoms with Crippen LogP contribution in [-0.4, -0.2) is 48.2 Å². The van der Waals surface area contributed by atoms with Gasteiger partial charge in [-0.2, -0.15) is 0 Å². The average molecular weight is 350 g/mol. The lowest BCUT2D eigenvalue weighted by Crippen LogP contribution is -2.43. The molecule has 2 rings (SSSR count). The lowest BCUT2D eigenvalue weighted by Gasteiger charge is -2.27. The van der Waals surface area contributed by atoms with E-state index in [1.807, 2.05) is 6.92 Å². The highest BCUT2D eigenvalue weighted by molar-refractivity contribution is 5.83. The fourth-order valence-electron chi connectivity index (χ4n) is 2.81. The summed E-state index contributed by atoms with van der Waals surface area (Å²) < 4.78 is 3.80. The molecule has 0 aliphatic rings. The summed E-state index contributed by atoms with van der Waals surface area (Å²) in [5, 5.41) is 9.36. The van der Waals surface area contributed by atoms with E-state index in [2.05, 4.69) is 0 Å². The zero-order valence-corrected chi connectivity index (χ0v) is 14.7. The molecule has 9 nitrogen and oxygen atoms in total. The first-order valence-corrected chi connectivity index (χ1v) is 7.95. The van der Waals surface area contributed by atoms with E-state index in [0.717, 1.165) is 4.57 Å². The van der Waals surface area contributed by atoms with Crippen LogP contribution in [0.4, 0.5) is 0 Å². The van der Waals surface area contributed by atoms with E-state index < -0.39 is 23.8 Å². The summed E-state index contributed by atoms with van der Waals surface area (Å²) in [4.78, 5) is 49.2. The lowest BCUT2D eigenvalue weighted by atomic mass is 10.2. The fraction of sp³-hybridized carbons (Fsp3) is 0.500. The lowest BCUT2D eigenvalue weighted by molar-refractivity contribution is -0.146. The van der Waals surface area contributed by atoms with Crippen LogP contribution in [0, 0.1) is 0 Å². The topological polar surface area (TPSA) is 107 Å². The summed E-state index contributed by atoms with van der Waals surface area (Å²) in [6.07, 6.45) is 2.17. The van der Waals surface area contributed by atoms with E-state index in [4.69, 9.17) is 5.11 Å². The van der Waals surface area contributed by atoms with Crippen molar-refractivity contribution in [1.29, 1.82) is 0 Å². The molecule has 0 spiro atoms. The van der Waals surface area contributed by atoms with Crippen molar-refractivity contribution in [2.24, 2.45) is 14.1 Å². The first-order valence-electron chi connectivity index (χ1n) is 7.95. The highest BCUT2D eigenvalue weighted by atomic mass is 16.4. The number of aryl methyl sites for hydroxylation is 1. The normalized spacial score (nSPS) is 12.3. The van der Waals surface area contributed by atoms with E-state index in [1.165, 1.54) is 28.1 Å². The van der Waals surface area contributed by atoms with Gasteiger partial charge in [-0.25, -0.2) is 4.79 Å². The maximum Gasteiger partial charge on any atom is 0.332 e. The molecule has 0 bridgehead atoms. The molecule has 9 heteroatoms. The van der Waals surface area contributed by atoms with Gasteiger partial charge in [0.25, 0.3) is 5.56 Å². The Morgan fingerprint density at radius 3 is 2.44 bits per heavy atom. The predicted octanol–water partition coefficient (Wildman–Crippen LogP) is -0.250. The maximum absolute atomic E-state index is 12.6. The largest absolute Gasteiger partial charge is 0.480 e. The number of aromatic nitrogens is 3. The number of carboxylic acid groups (broad SMARTS) is 1. The Morgan fingerprint density at radius 2 is 1.88 bits per heavy atom. The van der Waals surface area contributed by atoms with Gasteiger partial charge in [0.1, 0.15) is 18.7 Å². The molecular weight excluding hydrogens is 328 g/mol. The van der Waals surface area contributed by atoms with Crippen LogP contribution in [0.25, 0.3) is 11.0 Å². The number of fused-ring (bicyclic) bond motifs is 1. The molecule has 0 saturated carbocycles. The van der Waals surface area contributed by atoms with Crippen molar-refractivity contribution in [2.45, 2.75) is 32.9 Å². The van der Waals surface area contributed by atoms with Crippen molar-refractivity contribution in [3.8, 4) is 0 Å². The van der Waals surface area contributed by atoms with E-state index in [0.29, 0.717) is 17.5 Å². The van der Waals surface area contributed by atoms with Crippen LogP contribution in [0.1, 0.15) is 20.3 Å². The van der Waals surface area contributed by atoms with Gasteiger partial charge in [-0.1, -0.05) is 6.92 Å². The minimum atomic E-state index is -1.09. The number of rotatable bonds is 6. The van der Waals surface area contributed by atoms with Crippen LogP contribution < -0.4 is 11.2 Å². The molecule has 0 saturated heterocycles. The van der Waals surface area contributed by atoms with Crippen molar-refractivity contribution < 1.29 is 14.7 Å². The van der Waals surface area contributed by atoms with Gasteiger partial charge in [0.15, 0.2) is 0 Å². The van der Waals surface area contributed by atoms with Gasteiger partial charge in [-0.15, -0.1) is 0 Å². The zero-order valence-electron chi connectivity index (χ0n) is 14.7. The molecule has 2 aromatic heterocycles. The summed E-state index contributed by atoms with van der Waals surface area (Å²) in [6.45, 7) is 3.10. The maximum atomic E-state index is 12.6. The molecule has 1 unspecified atom stereocenters. The Morgan fingerprint density at radius 1 is 1.24 bits per heavy atom. The molecule has 0 aliphatic carbocycles. The van der Waals surface area contributed by atoms with Crippen molar-refractivity contribution in [1.82, 2.24) is 18.6 Å². The van der Waals surface area contributed by atoms with Gasteiger partial charge < -0.3 is 14.6 Å². The molecule has 1 N–H and O–H groups in total. The second-order valence-corrected chi connectivity index (χ2v) is 6.06. The number of carboxylic acids is 1. The number of amides is 1. The Bertz CT molecular complexity index is 936. The predicted molar refractivity (Wildman–Crippen MR) is 91.5 cm³/mol. The molecule has 0 aromatic carbocycles. The third kappa shape index (κ3) is 3.35. The van der Waals surface area contributed by atoms with Crippen LogP contribution in [0.3, 0.4) is 0 Å². The average Bonchev–Trinajstić information content (AvgIpc) is 2.98. The van der Waals surface area contributed by atoms with Gasteiger partial charge in [0, 0.05) is 26.3 Å². The van der Waals surface area contributed by atoms with E-state index in [1.54, 1.807) is 19.2 Å². The van der Waals surface area contributed by atoms with Crippen molar-refractivity contribution in [3.63, 3.8) is 0 Å². The van der Waals surface area contributed by atoms with Crippen molar-refractivity contribution in [2.75, 3.05) is 6.54 Å². The smallest absolute Gasteiger partial charge is 0.332 e. The van der Waals surface area contributed by atoms with Gasteiger partial charge in [0.05, 0.1) is 5.39 Å². The SMILES string of the molecule is CCC(C)N(CC(=O)O)C(=O)Cn1ccc2c(=O)n(C)c(=O)n(C)c21. The van der Waals surface area contributed by atoms with Gasteiger partial charge in [-0.3, -0.25) is 23.5 Å². The second kappa shape index (κ2) is 6.96. The molecule has 136 valence electrons. The van der Waals surface area contributed by atoms with E-state index in [-0.39, 0.29) is 18.5 Å². The standard InChI is InChI=1S/C16H22N4O5/c1-5-10(2)20(9-13(22)23)12(21)8-19-7-6-11-14(19)17(3)16(25)18(4)15(11)24/h6-7,10H,5,8-9H2,1-4H3,(H,22,23). The van der Waals surface area contributed by atoms with Gasteiger partial charge in [0.2, 0.25) is 5.91 Å². The Balaban J connectivity index is 2.46. The Hall–Kier alpha value is -2.84. The molecule has 0 aliphatic heterocycles. The Labute approximate surface area is 143 Å². The minimum absolute atomic E-state index is 0.151. The minimum Gasteiger partial charge on any atom is -0.480 e. The number of hydrogen-bond acceptors (Lipinski definition) is 4. The van der Waals surface area contributed by atoms with Crippen LogP contribution in [0.5, 0.6) is 0 Å². The quantitative estimate of drug-likeness (QED) is 0.773. The number of carbonyl (C=O) groups excluding carboxylic acids is 1. The van der Waals surface area contributed by atoms with Crippen LogP contribution in [0.2, 0.25) is 0 Å². The summed E-state index contributed by atoms with van der Waals surface area (Å²) in [5.74, 6) is -1.48. The molecule has 0 radical (unpaired) electrons. The van der Waals surface area contributed by atoms with Crippen LogP contribution >= 0.6 is 0 Å². The first kappa shape index (κ1) is 18.5. The van der Waals surface area contributed by atoms with E-state index >= 15 is 0 Å². The molecule has 1 amide bonds. The first-order chi connectivity index (χ1) is 11.7. The fourth-order valence-corrected chi connectivity index (χ4v) is 2.81. The summed E-state index contributed by atoms with van der Waals surface area (Å²) in [7, 11) is 2.92. The van der Waals surface area contributed by atoms with E-state index in [9.17, 15) is 19.2 Å². The van der Waals surface area contributed by atoms with Gasteiger partial charge in [-0.05, 0) is 19.4 Å². The number of nitrogens with zero attached hydrogens (tertiary/aromatic N) is 4. The van der Waals surface area contributed by atoms with Crippen LogP contribution in [0.15, 0.2) is 21.9 Å². The molecule has 0 fully saturated rings. The molecular formula is C16H22N4O5. The van der Waals surface area contributed by atoms with Crippen molar-refractivity contribution in [3.05, 3.63) is 33.1 Å². The third-order valence-electron chi connectivity index (χ3n) is 4.42. The molecule has 2 heterocycles. The third-order valence-corrected chi connectivity index (χ3v) is 4.42. The van der Waals surface area contributed by atoms with Gasteiger partial charge >= 0.3 is 11.7 Å². The number of aliphatic carboxylic acids is 1. The molecule has 1 atom stereocenters. The number of hydrogen-bond donors (Lipinski definition) is 1. The van der Waals surface area contributed by atoms with Crippen LogP contribution in [-0.2, 0) is 30.2 Å². The summed E-state index contributed by atoms with van der Waals surface area (Å²) >= 11 is 0. The number of carbonyl (C=O) groups is 2. The highest BCUT2D eigenvalue weighted by Gasteiger charge is 2.23. The monoisotopic (exact) mass is 350 g/mol. The summed E-state index contributed by atoms with van der Waals surface area (Å²) in [6, 6.07) is 1.32. The zero-order chi connectivity index (χ0) is 18.9. The second-order valence-electron chi connectivity index (χ2n) is 6.06. The highest BCUT2D eigenvalue weighted by Crippen LogP contribution is 2.12. The van der Waals surface area contributed by atoms with Crippen molar-refractivity contribution >= 4 is 22.9 Å². The summed E-state index contributed by atoms with van der Waals surface area (Å²) in [5.41, 5.74) is -0.594. The Kier molecular flexibility index (Phi) is 5.15. The molecule has 25 heavy (non-hydrogen) atoms. The molecule has 2 aromatic rings.